The van der Waals surface area contributed by atoms with Gasteiger partial charge in [-0.05, 0) is 82.9 Å². The number of nitrogens with zero attached hydrogens (tertiary/aromatic N) is 2. The maximum atomic E-state index is 12.9. The lowest BCUT2D eigenvalue weighted by molar-refractivity contribution is -0.122. The van der Waals surface area contributed by atoms with Crippen LogP contribution in [0.15, 0.2) is 0 Å². The van der Waals surface area contributed by atoms with Crippen molar-refractivity contribution < 1.29 is 9.59 Å². The van der Waals surface area contributed by atoms with E-state index in [1.807, 2.05) is 18.7 Å². The summed E-state index contributed by atoms with van der Waals surface area (Å²) in [5.41, 5.74) is 4.02. The van der Waals surface area contributed by atoms with Crippen molar-refractivity contribution in [3.05, 3.63) is 22.5 Å². The second-order valence-corrected chi connectivity index (χ2v) is 9.61. The number of likely N-dealkylation sites (tertiary alicyclic amines) is 2. The molecule has 174 valence electrons. The number of piperidine rings is 2. The highest BCUT2D eigenvalue weighted by molar-refractivity contribution is 5.94. The Balaban J connectivity index is 1.34. The highest BCUT2D eigenvalue weighted by Crippen LogP contribution is 2.24. The summed E-state index contributed by atoms with van der Waals surface area (Å²) in [6.45, 7) is 12.9. The number of amides is 2. The molecule has 1 atom stereocenters. The smallest absolute Gasteiger partial charge is 0.270 e. The van der Waals surface area contributed by atoms with Gasteiger partial charge < -0.3 is 20.1 Å². The van der Waals surface area contributed by atoms with Crippen LogP contribution in [0.3, 0.4) is 0 Å². The average molecular weight is 431 g/mol. The Morgan fingerprint density at radius 1 is 1.03 bits per heavy atom. The third kappa shape index (κ3) is 6.12. The molecule has 2 N–H and O–H groups in total. The molecule has 0 aliphatic carbocycles. The Bertz CT molecular complexity index is 749. The molecule has 2 amide bonds. The minimum Gasteiger partial charge on any atom is -0.356 e. The molecule has 0 spiro atoms. The van der Waals surface area contributed by atoms with Gasteiger partial charge in [-0.2, -0.15) is 0 Å². The van der Waals surface area contributed by atoms with Gasteiger partial charge in [-0.1, -0.05) is 13.3 Å². The van der Waals surface area contributed by atoms with Crippen LogP contribution in [0.25, 0.3) is 0 Å². The minimum atomic E-state index is 0.0969. The second kappa shape index (κ2) is 11.2. The summed E-state index contributed by atoms with van der Waals surface area (Å²) in [5.74, 6) is 0.644. The summed E-state index contributed by atoms with van der Waals surface area (Å²) in [6.07, 6.45) is 8.66. The van der Waals surface area contributed by atoms with Crippen LogP contribution in [0.1, 0.15) is 85.6 Å². The summed E-state index contributed by atoms with van der Waals surface area (Å²) < 4.78 is 0. The van der Waals surface area contributed by atoms with E-state index in [2.05, 4.69) is 29.0 Å². The van der Waals surface area contributed by atoms with E-state index in [-0.39, 0.29) is 11.8 Å². The van der Waals surface area contributed by atoms with E-state index in [4.69, 9.17) is 0 Å². The van der Waals surface area contributed by atoms with Crippen molar-refractivity contribution in [1.82, 2.24) is 20.1 Å². The van der Waals surface area contributed by atoms with Gasteiger partial charge in [0.15, 0.2) is 0 Å². The third-order valence-corrected chi connectivity index (χ3v) is 7.57. The van der Waals surface area contributed by atoms with Gasteiger partial charge in [0.25, 0.3) is 5.91 Å². The van der Waals surface area contributed by atoms with E-state index in [9.17, 15) is 9.59 Å². The average Bonchev–Trinajstić information content (AvgIpc) is 3.04. The summed E-state index contributed by atoms with van der Waals surface area (Å²) in [5, 5.41) is 3.13. The number of hydrogen-bond acceptors (Lipinski definition) is 3. The van der Waals surface area contributed by atoms with Gasteiger partial charge in [0.1, 0.15) is 5.69 Å². The first-order valence-electron chi connectivity index (χ1n) is 12.4. The van der Waals surface area contributed by atoms with Crippen LogP contribution in [0.2, 0.25) is 0 Å². The number of aryl methyl sites for hydroxylation is 1. The van der Waals surface area contributed by atoms with Crippen molar-refractivity contribution in [2.24, 2.45) is 5.92 Å². The van der Waals surface area contributed by atoms with E-state index in [1.165, 1.54) is 37.8 Å². The Morgan fingerprint density at radius 3 is 2.42 bits per heavy atom. The van der Waals surface area contributed by atoms with Gasteiger partial charge in [-0.25, -0.2) is 0 Å². The molecule has 3 rings (SSSR count). The summed E-state index contributed by atoms with van der Waals surface area (Å²) in [7, 11) is 0. The van der Waals surface area contributed by atoms with Crippen LogP contribution in [-0.2, 0) is 4.79 Å². The summed E-state index contributed by atoms with van der Waals surface area (Å²) in [6, 6.07) is 0.736. The lowest BCUT2D eigenvalue weighted by Crippen LogP contribution is -2.41. The van der Waals surface area contributed by atoms with Gasteiger partial charge in [-0.15, -0.1) is 0 Å². The van der Waals surface area contributed by atoms with Gasteiger partial charge in [-0.3, -0.25) is 9.59 Å². The summed E-state index contributed by atoms with van der Waals surface area (Å²) in [4.78, 5) is 33.1. The fraction of sp³-hybridized carbons (Fsp3) is 0.760. The maximum absolute atomic E-state index is 12.9. The molecule has 0 bridgehead atoms. The van der Waals surface area contributed by atoms with Gasteiger partial charge in [0, 0.05) is 44.3 Å². The zero-order valence-corrected chi connectivity index (χ0v) is 20.1. The number of hydrogen-bond donors (Lipinski definition) is 2. The van der Waals surface area contributed by atoms with Gasteiger partial charge >= 0.3 is 0 Å². The Labute approximate surface area is 188 Å². The Hall–Kier alpha value is -1.82. The number of carbonyl (C=O) groups excluding carboxylic acids is 2. The molecule has 6 heteroatoms. The van der Waals surface area contributed by atoms with Crippen LogP contribution in [0, 0.1) is 26.7 Å². The molecular formula is C25H42N4O2. The highest BCUT2D eigenvalue weighted by Gasteiger charge is 2.27. The zero-order chi connectivity index (χ0) is 22.4. The van der Waals surface area contributed by atoms with Gasteiger partial charge in [0.05, 0.1) is 0 Å². The monoisotopic (exact) mass is 430 g/mol. The Kier molecular flexibility index (Phi) is 8.58. The van der Waals surface area contributed by atoms with E-state index in [1.54, 1.807) is 0 Å². The van der Waals surface area contributed by atoms with Crippen LogP contribution >= 0.6 is 0 Å². The number of rotatable bonds is 8. The second-order valence-electron chi connectivity index (χ2n) is 9.61. The highest BCUT2D eigenvalue weighted by atomic mass is 16.2. The third-order valence-electron chi connectivity index (χ3n) is 7.57. The molecule has 2 aliphatic rings. The first-order chi connectivity index (χ1) is 14.9. The van der Waals surface area contributed by atoms with Crippen molar-refractivity contribution in [3.8, 4) is 0 Å². The van der Waals surface area contributed by atoms with Crippen molar-refractivity contribution in [1.29, 1.82) is 0 Å². The van der Waals surface area contributed by atoms with Crippen LogP contribution < -0.4 is 5.32 Å². The number of nitrogens with one attached hydrogen (secondary N) is 2. The molecule has 1 aromatic rings. The fourth-order valence-electron chi connectivity index (χ4n) is 5.22. The predicted octanol–water partition coefficient (Wildman–Crippen LogP) is 3.95. The van der Waals surface area contributed by atoms with Crippen molar-refractivity contribution in [2.45, 2.75) is 85.1 Å². The molecular weight excluding hydrogens is 388 g/mol. The molecule has 0 radical (unpaired) electrons. The largest absolute Gasteiger partial charge is 0.356 e. The molecule has 2 aliphatic heterocycles. The molecule has 31 heavy (non-hydrogen) atoms. The van der Waals surface area contributed by atoms with Gasteiger partial charge in [0.2, 0.25) is 5.91 Å². The quantitative estimate of drug-likeness (QED) is 0.614. The lowest BCUT2D eigenvalue weighted by Gasteiger charge is -2.35. The maximum Gasteiger partial charge on any atom is 0.270 e. The molecule has 2 saturated heterocycles. The predicted molar refractivity (Wildman–Crippen MR) is 125 cm³/mol. The standard InChI is InChI=1S/C25H42N4O2/c1-5-22-9-6-7-13-28(22)14-8-12-26-23(30)17-21-10-15-29(16-11-21)25(31)24-19(3)18(2)20(4)27-24/h21-22,27H,5-17H2,1-4H3,(H,26,30). The number of carbonyl (C=O) groups is 2. The lowest BCUT2D eigenvalue weighted by atomic mass is 9.93. The molecule has 1 unspecified atom stereocenters. The topological polar surface area (TPSA) is 68.4 Å². The van der Waals surface area contributed by atoms with E-state index < -0.39 is 0 Å². The van der Waals surface area contributed by atoms with E-state index in [0.717, 1.165) is 68.4 Å². The number of aromatic nitrogens is 1. The van der Waals surface area contributed by atoms with E-state index >= 15 is 0 Å². The first kappa shape index (κ1) is 23.8. The number of aromatic amines is 1. The SMILES string of the molecule is CCC1CCCCN1CCCNC(=O)CC1CCN(C(=O)c2[nH]c(C)c(C)c2C)CC1. The van der Waals surface area contributed by atoms with E-state index in [0.29, 0.717) is 12.3 Å². The van der Waals surface area contributed by atoms with Crippen molar-refractivity contribution >= 4 is 11.8 Å². The van der Waals surface area contributed by atoms with Crippen LogP contribution in [0.4, 0.5) is 0 Å². The number of H-pyrrole nitrogens is 1. The molecule has 1 aromatic heterocycles. The molecule has 6 nitrogen and oxygen atoms in total. The Morgan fingerprint density at radius 2 is 1.77 bits per heavy atom. The molecule has 2 fully saturated rings. The molecule has 3 heterocycles. The van der Waals surface area contributed by atoms with Crippen molar-refractivity contribution in [3.63, 3.8) is 0 Å². The normalized spacial score (nSPS) is 20.8. The fourth-order valence-corrected chi connectivity index (χ4v) is 5.22. The summed E-state index contributed by atoms with van der Waals surface area (Å²) >= 11 is 0. The zero-order valence-electron chi connectivity index (χ0n) is 20.1. The van der Waals surface area contributed by atoms with Crippen molar-refractivity contribution in [2.75, 3.05) is 32.7 Å². The molecule has 0 saturated carbocycles. The van der Waals surface area contributed by atoms with Crippen LogP contribution in [0.5, 0.6) is 0 Å². The minimum absolute atomic E-state index is 0.0969. The first-order valence-corrected chi connectivity index (χ1v) is 12.4. The van der Waals surface area contributed by atoms with Crippen LogP contribution in [-0.4, -0.2) is 65.4 Å². The molecule has 0 aromatic carbocycles.